The molecule has 0 N–H and O–H groups in total. The molecule has 0 spiro atoms. The molecule has 4 aromatic rings. The van der Waals surface area contributed by atoms with Gasteiger partial charge in [-0.1, -0.05) is 48.5 Å². The normalized spacial score (nSPS) is 11.4. The predicted molar refractivity (Wildman–Crippen MR) is 150 cm³/mol. The van der Waals surface area contributed by atoms with E-state index in [-0.39, 0.29) is 0 Å². The molecule has 0 saturated heterocycles. The lowest BCUT2D eigenvalue weighted by atomic mass is 9.98. The van der Waals surface area contributed by atoms with E-state index in [9.17, 15) is 4.21 Å². The number of rotatable bonds is 4. The summed E-state index contributed by atoms with van der Waals surface area (Å²) in [5.74, 6) is 0.639. The molecule has 4 rings (SSSR count). The topological polar surface area (TPSA) is 26.3 Å². The summed E-state index contributed by atoms with van der Waals surface area (Å²) in [6.45, 7) is 16.7. The van der Waals surface area contributed by atoms with Gasteiger partial charge in [-0.25, -0.2) is 4.21 Å². The molecule has 0 aliphatic carbocycles. The summed E-state index contributed by atoms with van der Waals surface area (Å²) in [5, 5.41) is 0. The smallest absolute Gasteiger partial charge is 0.240 e. The Bertz CT molecular complexity index is 1320. The molecule has 1 atom stereocenters. The monoisotopic (exact) mass is 484 g/mol. The second kappa shape index (κ2) is 11.5. The molecule has 0 bridgehead atoms. The lowest BCUT2D eigenvalue weighted by molar-refractivity contribution is 0.561. The van der Waals surface area contributed by atoms with E-state index < -0.39 is 11.1 Å². The van der Waals surface area contributed by atoms with Gasteiger partial charge in [-0.15, -0.1) is 0 Å². The highest BCUT2D eigenvalue weighted by Crippen LogP contribution is 2.24. The first-order chi connectivity index (χ1) is 16.5. The molecule has 2 nitrogen and oxygen atoms in total. The molecule has 0 saturated carbocycles. The minimum absolute atomic E-state index is 0.639. The van der Waals surface area contributed by atoms with E-state index in [4.69, 9.17) is 4.18 Å². The fraction of sp³-hybridized carbons (Fsp3) is 0.250. The highest BCUT2D eigenvalue weighted by atomic mass is 32.2. The van der Waals surface area contributed by atoms with Gasteiger partial charge in [-0.3, -0.25) is 0 Å². The van der Waals surface area contributed by atoms with E-state index in [1.807, 2.05) is 64.1 Å². The van der Waals surface area contributed by atoms with Crippen LogP contribution in [0.2, 0.25) is 0 Å². The van der Waals surface area contributed by atoms with Crippen LogP contribution < -0.4 is 4.18 Å². The number of hydrogen-bond donors (Lipinski definition) is 0. The van der Waals surface area contributed by atoms with E-state index in [2.05, 4.69) is 64.1 Å². The van der Waals surface area contributed by atoms with Crippen LogP contribution in [-0.4, -0.2) is 4.21 Å². The van der Waals surface area contributed by atoms with Crippen molar-refractivity contribution in [1.82, 2.24) is 0 Å². The molecule has 3 heteroatoms. The van der Waals surface area contributed by atoms with E-state index in [0.717, 1.165) is 11.1 Å². The maximum atomic E-state index is 12.2. The third-order valence-electron chi connectivity index (χ3n) is 6.67. The summed E-state index contributed by atoms with van der Waals surface area (Å²) in [7, 11) is 0. The molecule has 0 aliphatic heterocycles. The Morgan fingerprint density at radius 2 is 0.857 bits per heavy atom. The fourth-order valence-corrected chi connectivity index (χ4v) is 4.39. The van der Waals surface area contributed by atoms with Gasteiger partial charge < -0.3 is 4.18 Å². The van der Waals surface area contributed by atoms with Gasteiger partial charge in [0.2, 0.25) is 11.1 Å². The Hall–Kier alpha value is -3.17. The van der Waals surface area contributed by atoms with Crippen LogP contribution in [0.15, 0.2) is 77.7 Å². The molecule has 0 amide bonds. The van der Waals surface area contributed by atoms with Gasteiger partial charge in [0.05, 0.1) is 4.90 Å². The molecular formula is C32H36O2S. The second-order valence-corrected chi connectivity index (χ2v) is 10.5. The quantitative estimate of drug-likeness (QED) is 0.290. The van der Waals surface area contributed by atoms with Crippen molar-refractivity contribution >= 4 is 11.1 Å². The van der Waals surface area contributed by atoms with Crippen molar-refractivity contribution in [2.75, 3.05) is 0 Å². The van der Waals surface area contributed by atoms with Gasteiger partial charge in [0, 0.05) is 0 Å². The third-order valence-corrected chi connectivity index (χ3v) is 7.65. The van der Waals surface area contributed by atoms with Gasteiger partial charge in [0.1, 0.15) is 5.75 Å². The number of aryl methyl sites for hydroxylation is 8. The molecule has 0 heterocycles. The zero-order valence-electron chi connectivity index (χ0n) is 22.2. The minimum atomic E-state index is -1.47. The van der Waals surface area contributed by atoms with E-state index >= 15 is 0 Å². The third kappa shape index (κ3) is 6.93. The van der Waals surface area contributed by atoms with Crippen LogP contribution >= 0.6 is 0 Å². The molecular weight excluding hydrogens is 448 g/mol. The largest absolute Gasteiger partial charge is 0.397 e. The fourth-order valence-electron chi connectivity index (χ4n) is 3.56. The van der Waals surface area contributed by atoms with Crippen LogP contribution in [0.1, 0.15) is 44.5 Å². The van der Waals surface area contributed by atoms with Crippen molar-refractivity contribution in [3.63, 3.8) is 0 Å². The van der Waals surface area contributed by atoms with Crippen molar-refractivity contribution in [3.8, 4) is 16.9 Å². The summed E-state index contributed by atoms with van der Waals surface area (Å²) < 4.78 is 17.7. The van der Waals surface area contributed by atoms with Crippen LogP contribution in [0, 0.1) is 55.4 Å². The van der Waals surface area contributed by atoms with Gasteiger partial charge in [0.25, 0.3) is 0 Å². The maximum absolute atomic E-state index is 12.2. The van der Waals surface area contributed by atoms with Gasteiger partial charge in [-0.05, 0) is 135 Å². The Balaban J connectivity index is 0.000000198. The van der Waals surface area contributed by atoms with Crippen molar-refractivity contribution in [3.05, 3.63) is 117 Å². The zero-order valence-corrected chi connectivity index (χ0v) is 23.0. The van der Waals surface area contributed by atoms with E-state index in [1.54, 1.807) is 0 Å². The molecule has 0 radical (unpaired) electrons. The highest BCUT2D eigenvalue weighted by Gasteiger charge is 2.08. The van der Waals surface area contributed by atoms with E-state index in [1.165, 1.54) is 44.5 Å². The highest BCUT2D eigenvalue weighted by molar-refractivity contribution is 7.80. The summed E-state index contributed by atoms with van der Waals surface area (Å²) in [5.41, 5.74) is 12.7. The zero-order chi connectivity index (χ0) is 25.7. The van der Waals surface area contributed by atoms with Crippen molar-refractivity contribution in [2.24, 2.45) is 0 Å². The van der Waals surface area contributed by atoms with Gasteiger partial charge in [-0.2, -0.15) is 0 Å². The lowest BCUT2D eigenvalue weighted by Crippen LogP contribution is -2.02. The maximum Gasteiger partial charge on any atom is 0.240 e. The summed E-state index contributed by atoms with van der Waals surface area (Å²) in [6.07, 6.45) is 0. The van der Waals surface area contributed by atoms with Gasteiger partial charge >= 0.3 is 0 Å². The Morgan fingerprint density at radius 3 is 1.29 bits per heavy atom. The summed E-state index contributed by atoms with van der Waals surface area (Å²) >= 11 is -1.47. The SMILES string of the molecule is Cc1ccc(-c2ccc(C)c(C)c2)cc1C.Cc1ccc(OS(=O)c2ccc(C)c(C)c2)cc1C. The van der Waals surface area contributed by atoms with Crippen LogP contribution in [0.3, 0.4) is 0 Å². The van der Waals surface area contributed by atoms with Crippen LogP contribution in [0.4, 0.5) is 0 Å². The number of benzene rings is 4. The molecule has 182 valence electrons. The van der Waals surface area contributed by atoms with Gasteiger partial charge in [0.15, 0.2) is 0 Å². The lowest BCUT2D eigenvalue weighted by Gasteiger charge is -2.08. The van der Waals surface area contributed by atoms with Crippen LogP contribution in [0.25, 0.3) is 11.1 Å². The average Bonchev–Trinajstić information content (AvgIpc) is 2.82. The Morgan fingerprint density at radius 1 is 0.457 bits per heavy atom. The summed E-state index contributed by atoms with van der Waals surface area (Å²) in [4.78, 5) is 0.696. The van der Waals surface area contributed by atoms with Crippen LogP contribution in [0.5, 0.6) is 5.75 Å². The molecule has 4 aromatic carbocycles. The predicted octanol–water partition coefficient (Wildman–Crippen LogP) is 8.61. The molecule has 0 aliphatic rings. The first-order valence-electron chi connectivity index (χ1n) is 11.9. The molecule has 0 aromatic heterocycles. The molecule has 1 unspecified atom stereocenters. The Labute approximate surface area is 213 Å². The first-order valence-corrected chi connectivity index (χ1v) is 13.0. The summed E-state index contributed by atoms with van der Waals surface area (Å²) in [6, 6.07) is 24.8. The van der Waals surface area contributed by atoms with Crippen molar-refractivity contribution in [1.29, 1.82) is 0 Å². The molecule has 35 heavy (non-hydrogen) atoms. The Kier molecular flexibility index (Phi) is 8.69. The molecule has 0 fully saturated rings. The van der Waals surface area contributed by atoms with Crippen molar-refractivity contribution < 1.29 is 8.39 Å². The standard InChI is InChI=1S/C16H18O2S.C16H18/c1-11-5-7-15(9-13(11)3)18-19(17)16-8-6-12(2)14(4)10-16;1-11-5-7-15(9-13(11)3)16-8-6-12(2)14(4)10-16/h5-10H,1-4H3;5-10H,1-4H3. The first kappa shape index (κ1) is 26.4. The average molecular weight is 485 g/mol. The van der Waals surface area contributed by atoms with Crippen LogP contribution in [-0.2, 0) is 11.1 Å². The number of hydrogen-bond acceptors (Lipinski definition) is 2. The van der Waals surface area contributed by atoms with E-state index in [0.29, 0.717) is 10.6 Å². The van der Waals surface area contributed by atoms with Crippen molar-refractivity contribution in [2.45, 2.75) is 60.3 Å². The minimum Gasteiger partial charge on any atom is -0.397 e. The second-order valence-electron chi connectivity index (χ2n) is 9.41.